The molecule has 1 amide bonds. The second kappa shape index (κ2) is 8.51. The molecular weight excluding hydrogens is 443 g/mol. The molecule has 1 N–H and O–H groups in total. The Hall–Kier alpha value is -2.98. The molecule has 0 bridgehead atoms. The van der Waals surface area contributed by atoms with Gasteiger partial charge in [0.25, 0.3) is 0 Å². The Balaban J connectivity index is 1.51. The Morgan fingerprint density at radius 3 is 2.50 bits per heavy atom. The van der Waals surface area contributed by atoms with Gasteiger partial charge in [-0.25, -0.2) is 8.42 Å². The molecule has 0 spiro atoms. The molecule has 1 aliphatic rings. The molecule has 10 heteroatoms. The van der Waals surface area contributed by atoms with Gasteiger partial charge in [0, 0.05) is 30.4 Å². The zero-order valence-corrected chi connectivity index (χ0v) is 17.7. The van der Waals surface area contributed by atoms with E-state index in [2.05, 4.69) is 10.3 Å². The summed E-state index contributed by atoms with van der Waals surface area (Å²) in [6.07, 6.45) is -1.97. The van der Waals surface area contributed by atoms with Gasteiger partial charge in [-0.3, -0.25) is 9.78 Å². The lowest BCUT2D eigenvalue weighted by atomic mass is 9.98. The Bertz CT molecular complexity index is 1240. The highest BCUT2D eigenvalue weighted by molar-refractivity contribution is 7.89. The first-order chi connectivity index (χ1) is 15.2. The molecular formula is C22H20F3N3O3S. The van der Waals surface area contributed by atoms with Gasteiger partial charge in [0.2, 0.25) is 15.9 Å². The van der Waals surface area contributed by atoms with Gasteiger partial charge in [-0.15, -0.1) is 0 Å². The number of pyridine rings is 1. The van der Waals surface area contributed by atoms with Crippen molar-refractivity contribution in [3.8, 4) is 0 Å². The van der Waals surface area contributed by atoms with Crippen LogP contribution < -0.4 is 5.32 Å². The summed E-state index contributed by atoms with van der Waals surface area (Å²) in [4.78, 5) is 17.0. The van der Waals surface area contributed by atoms with Crippen LogP contribution in [0.2, 0.25) is 0 Å². The molecule has 2 aromatic carbocycles. The number of nitrogens with one attached hydrogen (secondary N) is 1. The van der Waals surface area contributed by atoms with Crippen molar-refractivity contribution in [2.75, 3.05) is 18.4 Å². The predicted octanol–water partition coefficient (Wildman–Crippen LogP) is 4.29. The van der Waals surface area contributed by atoms with E-state index in [0.717, 1.165) is 12.1 Å². The zero-order valence-electron chi connectivity index (χ0n) is 16.8. The number of hydrogen-bond donors (Lipinski definition) is 1. The minimum Gasteiger partial charge on any atom is -0.326 e. The Kier molecular flexibility index (Phi) is 5.91. The number of carbonyl (C=O) groups is 1. The minimum atomic E-state index is -4.46. The summed E-state index contributed by atoms with van der Waals surface area (Å²) in [6, 6.07) is 12.6. The topological polar surface area (TPSA) is 79.4 Å². The van der Waals surface area contributed by atoms with Crippen molar-refractivity contribution in [2.24, 2.45) is 5.92 Å². The Labute approximate surface area is 183 Å². The number of rotatable bonds is 4. The zero-order chi connectivity index (χ0) is 22.9. The molecule has 4 rings (SSSR count). The number of hydrogen-bond acceptors (Lipinski definition) is 4. The van der Waals surface area contributed by atoms with Gasteiger partial charge in [-0.1, -0.05) is 18.2 Å². The van der Waals surface area contributed by atoms with E-state index < -0.39 is 33.6 Å². The monoisotopic (exact) mass is 463 g/mol. The Morgan fingerprint density at radius 2 is 1.78 bits per heavy atom. The molecule has 1 atom stereocenters. The number of piperidine rings is 1. The van der Waals surface area contributed by atoms with Crippen LogP contribution in [-0.4, -0.2) is 36.7 Å². The standard InChI is InChI=1S/C22H20F3N3O3S/c23-22(24,25)17-8-10-18(11-9-17)27-21(29)16-6-3-13-28(14-16)32(30,31)19-7-1-4-15-5-2-12-26-20(15)19/h1-2,4-5,7-12,16H,3,6,13-14H2,(H,27,29)/t16-/m1/s1. The van der Waals surface area contributed by atoms with E-state index in [0.29, 0.717) is 23.7 Å². The summed E-state index contributed by atoms with van der Waals surface area (Å²) in [5, 5.41) is 3.29. The smallest absolute Gasteiger partial charge is 0.326 e. The highest BCUT2D eigenvalue weighted by Crippen LogP contribution is 2.31. The third-order valence-corrected chi connectivity index (χ3v) is 7.34. The van der Waals surface area contributed by atoms with Gasteiger partial charge in [-0.05, 0) is 49.2 Å². The third kappa shape index (κ3) is 4.46. The lowest BCUT2D eigenvalue weighted by Gasteiger charge is -2.31. The first kappa shape index (κ1) is 22.2. The van der Waals surface area contributed by atoms with Gasteiger partial charge in [0.1, 0.15) is 4.90 Å². The van der Waals surface area contributed by atoms with Crippen LogP contribution in [0.15, 0.2) is 65.7 Å². The number of halogens is 3. The third-order valence-electron chi connectivity index (χ3n) is 5.45. The van der Waals surface area contributed by atoms with Crippen molar-refractivity contribution in [3.63, 3.8) is 0 Å². The summed E-state index contributed by atoms with van der Waals surface area (Å²) in [6.45, 7) is 0.258. The summed E-state index contributed by atoms with van der Waals surface area (Å²) >= 11 is 0. The number of alkyl halides is 3. The number of nitrogens with zero attached hydrogens (tertiary/aromatic N) is 2. The number of sulfonamides is 1. The van der Waals surface area contributed by atoms with Gasteiger partial charge in [0.05, 0.1) is 17.0 Å². The van der Waals surface area contributed by atoms with Gasteiger partial charge in [-0.2, -0.15) is 17.5 Å². The molecule has 0 radical (unpaired) electrons. The normalized spacial score (nSPS) is 17.9. The molecule has 0 saturated carbocycles. The highest BCUT2D eigenvalue weighted by atomic mass is 32.2. The van der Waals surface area contributed by atoms with Gasteiger partial charge in [0.15, 0.2) is 0 Å². The first-order valence-corrected chi connectivity index (χ1v) is 11.4. The van der Waals surface area contributed by atoms with Crippen molar-refractivity contribution in [2.45, 2.75) is 23.9 Å². The predicted molar refractivity (Wildman–Crippen MR) is 113 cm³/mol. The molecule has 3 aromatic rings. The van der Waals surface area contributed by atoms with Gasteiger partial charge < -0.3 is 5.32 Å². The van der Waals surface area contributed by atoms with Crippen molar-refractivity contribution < 1.29 is 26.4 Å². The lowest BCUT2D eigenvalue weighted by molar-refractivity contribution is -0.137. The van der Waals surface area contributed by atoms with Crippen LogP contribution >= 0.6 is 0 Å². The summed E-state index contributed by atoms with van der Waals surface area (Å²) in [5.74, 6) is -1.05. The minimum absolute atomic E-state index is 0.0159. The number of benzene rings is 2. The number of amides is 1. The van der Waals surface area contributed by atoms with Gasteiger partial charge >= 0.3 is 6.18 Å². The average molecular weight is 463 g/mol. The van der Waals surface area contributed by atoms with E-state index in [1.807, 2.05) is 0 Å². The molecule has 0 unspecified atom stereocenters. The average Bonchev–Trinajstić information content (AvgIpc) is 2.78. The molecule has 32 heavy (non-hydrogen) atoms. The van der Waals surface area contributed by atoms with Crippen LogP contribution in [0.3, 0.4) is 0 Å². The van der Waals surface area contributed by atoms with Crippen LogP contribution in [0.1, 0.15) is 18.4 Å². The number of para-hydroxylation sites is 1. The quantitative estimate of drug-likeness (QED) is 0.626. The number of fused-ring (bicyclic) bond motifs is 1. The van der Waals surface area contributed by atoms with E-state index >= 15 is 0 Å². The summed E-state index contributed by atoms with van der Waals surface area (Å²) in [5.41, 5.74) is -0.221. The van der Waals surface area contributed by atoms with Crippen molar-refractivity contribution in [3.05, 3.63) is 66.4 Å². The fraction of sp³-hybridized carbons (Fsp3) is 0.273. The second-order valence-electron chi connectivity index (χ2n) is 7.60. The van der Waals surface area contributed by atoms with Crippen LogP contribution in [0.5, 0.6) is 0 Å². The second-order valence-corrected chi connectivity index (χ2v) is 9.50. The molecule has 1 fully saturated rings. The molecule has 2 heterocycles. The number of aromatic nitrogens is 1. The molecule has 1 aliphatic heterocycles. The maximum atomic E-state index is 13.3. The maximum absolute atomic E-state index is 13.3. The number of anilines is 1. The fourth-order valence-corrected chi connectivity index (χ4v) is 5.47. The molecule has 1 aromatic heterocycles. The van der Waals surface area contributed by atoms with E-state index in [9.17, 15) is 26.4 Å². The van der Waals surface area contributed by atoms with Crippen LogP contribution in [-0.2, 0) is 21.0 Å². The molecule has 168 valence electrons. The fourth-order valence-electron chi connectivity index (χ4n) is 3.79. The molecule has 6 nitrogen and oxygen atoms in total. The molecule has 0 aliphatic carbocycles. The summed E-state index contributed by atoms with van der Waals surface area (Å²) in [7, 11) is -3.88. The van der Waals surface area contributed by atoms with Crippen molar-refractivity contribution in [1.29, 1.82) is 0 Å². The van der Waals surface area contributed by atoms with E-state index in [1.165, 1.54) is 28.7 Å². The SMILES string of the molecule is O=C(Nc1ccc(C(F)(F)F)cc1)[C@@H]1CCCN(S(=O)(=O)c2cccc3cccnc23)C1. The maximum Gasteiger partial charge on any atom is 0.416 e. The van der Waals surface area contributed by atoms with Crippen molar-refractivity contribution >= 4 is 32.5 Å². The van der Waals surface area contributed by atoms with E-state index in [1.54, 1.807) is 24.3 Å². The van der Waals surface area contributed by atoms with Crippen molar-refractivity contribution in [1.82, 2.24) is 9.29 Å². The lowest BCUT2D eigenvalue weighted by Crippen LogP contribution is -2.43. The first-order valence-electron chi connectivity index (χ1n) is 9.98. The van der Waals surface area contributed by atoms with E-state index in [4.69, 9.17) is 0 Å². The van der Waals surface area contributed by atoms with Crippen LogP contribution in [0, 0.1) is 5.92 Å². The Morgan fingerprint density at radius 1 is 1.06 bits per heavy atom. The highest BCUT2D eigenvalue weighted by Gasteiger charge is 2.35. The van der Waals surface area contributed by atoms with E-state index in [-0.39, 0.29) is 23.7 Å². The summed E-state index contributed by atoms with van der Waals surface area (Å²) < 4.78 is 66.0. The van der Waals surface area contributed by atoms with Crippen LogP contribution in [0.4, 0.5) is 18.9 Å². The number of carbonyl (C=O) groups excluding carboxylic acids is 1. The largest absolute Gasteiger partial charge is 0.416 e. The molecule has 1 saturated heterocycles. The van der Waals surface area contributed by atoms with Crippen LogP contribution in [0.25, 0.3) is 10.9 Å².